The van der Waals surface area contributed by atoms with Gasteiger partial charge in [0.1, 0.15) is 0 Å². The van der Waals surface area contributed by atoms with Crippen LogP contribution in [0.2, 0.25) is 10.0 Å². The van der Waals surface area contributed by atoms with Crippen LogP contribution in [-0.2, 0) is 11.2 Å². The smallest absolute Gasteiger partial charge is 0.223 e. The lowest BCUT2D eigenvalue weighted by Crippen LogP contribution is -2.42. The first-order valence-corrected chi connectivity index (χ1v) is 8.36. The fourth-order valence-corrected chi connectivity index (χ4v) is 3.99. The first-order valence-electron chi connectivity index (χ1n) is 7.61. The molecule has 3 nitrogen and oxygen atoms in total. The molecule has 1 aromatic carbocycles. The predicted octanol–water partition coefficient (Wildman–Crippen LogP) is 3.28. The fourth-order valence-electron chi connectivity index (χ4n) is 3.48. The van der Waals surface area contributed by atoms with E-state index in [4.69, 9.17) is 23.2 Å². The Kier molecular flexibility index (Phi) is 4.72. The van der Waals surface area contributed by atoms with Gasteiger partial charge < -0.3 is 10.2 Å². The van der Waals surface area contributed by atoms with Crippen molar-refractivity contribution in [3.63, 3.8) is 0 Å². The van der Waals surface area contributed by atoms with Crippen molar-refractivity contribution < 1.29 is 4.79 Å². The Bertz CT molecular complexity index is 521. The second-order valence-corrected chi connectivity index (χ2v) is 6.76. The number of hydrogen-bond donors (Lipinski definition) is 1. The lowest BCUT2D eigenvalue weighted by atomic mass is 10.1. The summed E-state index contributed by atoms with van der Waals surface area (Å²) < 4.78 is 0. The van der Waals surface area contributed by atoms with Crippen LogP contribution >= 0.6 is 23.2 Å². The van der Waals surface area contributed by atoms with Crippen LogP contribution in [0.1, 0.15) is 31.2 Å². The summed E-state index contributed by atoms with van der Waals surface area (Å²) in [5.74, 6) is 0.261. The Hall–Kier alpha value is -0.770. The van der Waals surface area contributed by atoms with Crippen molar-refractivity contribution in [3.05, 3.63) is 33.8 Å². The maximum atomic E-state index is 12.6. The van der Waals surface area contributed by atoms with Gasteiger partial charge in [-0.3, -0.25) is 4.79 Å². The zero-order valence-electron chi connectivity index (χ0n) is 11.9. The number of nitrogens with zero attached hydrogens (tertiary/aromatic N) is 1. The van der Waals surface area contributed by atoms with E-state index in [0.717, 1.165) is 37.9 Å². The summed E-state index contributed by atoms with van der Waals surface area (Å²) in [7, 11) is 0. The molecule has 5 heteroatoms. The van der Waals surface area contributed by atoms with Crippen LogP contribution in [0.3, 0.4) is 0 Å². The number of carbonyl (C=O) groups excluding carboxylic acids is 1. The predicted molar refractivity (Wildman–Crippen MR) is 85.9 cm³/mol. The Morgan fingerprint density at radius 1 is 1.24 bits per heavy atom. The van der Waals surface area contributed by atoms with Gasteiger partial charge in [0.2, 0.25) is 5.91 Å². The first-order chi connectivity index (χ1) is 10.1. The molecule has 2 bridgehead atoms. The molecule has 2 unspecified atom stereocenters. The van der Waals surface area contributed by atoms with Gasteiger partial charge in [-0.25, -0.2) is 0 Å². The fraction of sp³-hybridized carbons (Fsp3) is 0.562. The zero-order chi connectivity index (χ0) is 14.8. The lowest BCUT2D eigenvalue weighted by Gasteiger charge is -2.28. The molecular formula is C16H20Cl2N2O. The molecule has 0 saturated carbocycles. The van der Waals surface area contributed by atoms with E-state index in [-0.39, 0.29) is 5.91 Å². The van der Waals surface area contributed by atoms with Gasteiger partial charge in [0.25, 0.3) is 0 Å². The number of carbonyl (C=O) groups is 1. The molecule has 2 saturated heterocycles. The second kappa shape index (κ2) is 6.55. The monoisotopic (exact) mass is 326 g/mol. The largest absolute Gasteiger partial charge is 0.335 e. The van der Waals surface area contributed by atoms with E-state index < -0.39 is 0 Å². The van der Waals surface area contributed by atoms with Gasteiger partial charge in [-0.05, 0) is 49.9 Å². The number of aryl methyl sites for hydroxylation is 1. The van der Waals surface area contributed by atoms with Crippen LogP contribution < -0.4 is 5.32 Å². The third kappa shape index (κ3) is 3.36. The van der Waals surface area contributed by atoms with Crippen molar-refractivity contribution in [1.82, 2.24) is 10.2 Å². The molecule has 21 heavy (non-hydrogen) atoms. The summed E-state index contributed by atoms with van der Waals surface area (Å²) in [5, 5.41) is 4.70. The van der Waals surface area contributed by atoms with E-state index in [1.807, 2.05) is 12.1 Å². The number of hydrogen-bond acceptors (Lipinski definition) is 2. The molecule has 2 fully saturated rings. The van der Waals surface area contributed by atoms with Crippen molar-refractivity contribution in [2.75, 3.05) is 13.1 Å². The molecule has 2 heterocycles. The summed E-state index contributed by atoms with van der Waals surface area (Å²) in [6.45, 7) is 1.96. The van der Waals surface area contributed by atoms with Crippen LogP contribution in [-0.4, -0.2) is 36.0 Å². The van der Waals surface area contributed by atoms with Gasteiger partial charge in [-0.1, -0.05) is 29.3 Å². The number of nitrogens with one attached hydrogen (secondary N) is 1. The SMILES string of the molecule is O=C(CCc1ccc(Cl)cc1Cl)N1C2CCNCC1CC2. The van der Waals surface area contributed by atoms with Crippen molar-refractivity contribution in [2.45, 2.75) is 44.2 Å². The number of rotatable bonds is 3. The maximum Gasteiger partial charge on any atom is 0.223 e. The van der Waals surface area contributed by atoms with E-state index >= 15 is 0 Å². The van der Waals surface area contributed by atoms with Gasteiger partial charge in [-0.15, -0.1) is 0 Å². The minimum atomic E-state index is 0.261. The molecule has 1 aromatic rings. The Labute approximate surface area is 135 Å². The van der Waals surface area contributed by atoms with E-state index in [1.54, 1.807) is 6.07 Å². The molecule has 114 valence electrons. The molecule has 3 rings (SSSR count). The van der Waals surface area contributed by atoms with E-state index in [0.29, 0.717) is 35.0 Å². The molecule has 0 aromatic heterocycles. The van der Waals surface area contributed by atoms with Crippen molar-refractivity contribution in [1.29, 1.82) is 0 Å². The maximum absolute atomic E-state index is 12.6. The standard InChI is InChI=1S/C16H20Cl2N2O/c17-12-3-1-11(15(18)9-12)2-6-16(21)20-13-4-5-14(20)10-19-8-7-13/h1,3,9,13-14,19H,2,4-8,10H2. The highest BCUT2D eigenvalue weighted by Gasteiger charge is 2.37. The van der Waals surface area contributed by atoms with E-state index in [9.17, 15) is 4.79 Å². The number of amides is 1. The molecule has 2 aliphatic heterocycles. The minimum absolute atomic E-state index is 0.261. The van der Waals surface area contributed by atoms with Crippen molar-refractivity contribution in [2.24, 2.45) is 0 Å². The molecule has 1 amide bonds. The molecule has 1 N–H and O–H groups in total. The topological polar surface area (TPSA) is 32.3 Å². The molecule has 0 aliphatic carbocycles. The number of halogens is 2. The Balaban J connectivity index is 1.63. The summed E-state index contributed by atoms with van der Waals surface area (Å²) in [6.07, 6.45) is 4.56. The van der Waals surface area contributed by atoms with Gasteiger partial charge in [0.05, 0.1) is 0 Å². The highest BCUT2D eigenvalue weighted by Crippen LogP contribution is 2.29. The van der Waals surface area contributed by atoms with Crippen LogP contribution in [0.25, 0.3) is 0 Å². The summed E-state index contributed by atoms with van der Waals surface area (Å²) >= 11 is 12.1. The van der Waals surface area contributed by atoms with Crippen molar-refractivity contribution in [3.8, 4) is 0 Å². The highest BCUT2D eigenvalue weighted by atomic mass is 35.5. The quantitative estimate of drug-likeness (QED) is 0.924. The van der Waals surface area contributed by atoms with Gasteiger partial charge in [-0.2, -0.15) is 0 Å². The van der Waals surface area contributed by atoms with E-state index in [1.165, 1.54) is 0 Å². The van der Waals surface area contributed by atoms with Crippen LogP contribution in [0.5, 0.6) is 0 Å². The van der Waals surface area contributed by atoms with Crippen molar-refractivity contribution >= 4 is 29.1 Å². The molecule has 0 spiro atoms. The Morgan fingerprint density at radius 3 is 2.86 bits per heavy atom. The third-order valence-corrected chi connectivity index (χ3v) is 5.15. The van der Waals surface area contributed by atoms with Crippen LogP contribution in [0.4, 0.5) is 0 Å². The average Bonchev–Trinajstić information content (AvgIpc) is 2.71. The van der Waals surface area contributed by atoms with Gasteiger partial charge in [0.15, 0.2) is 0 Å². The lowest BCUT2D eigenvalue weighted by molar-refractivity contribution is -0.133. The number of benzene rings is 1. The molecule has 2 aliphatic rings. The molecular weight excluding hydrogens is 307 g/mol. The second-order valence-electron chi connectivity index (χ2n) is 5.91. The first kappa shape index (κ1) is 15.1. The van der Waals surface area contributed by atoms with E-state index in [2.05, 4.69) is 10.2 Å². The highest BCUT2D eigenvalue weighted by molar-refractivity contribution is 6.35. The summed E-state index contributed by atoms with van der Waals surface area (Å²) in [6, 6.07) is 6.29. The zero-order valence-corrected chi connectivity index (χ0v) is 13.5. The van der Waals surface area contributed by atoms with Crippen LogP contribution in [0.15, 0.2) is 18.2 Å². The minimum Gasteiger partial charge on any atom is -0.335 e. The normalized spacial score (nSPS) is 25.0. The van der Waals surface area contributed by atoms with Crippen LogP contribution in [0, 0.1) is 0 Å². The molecule has 2 atom stereocenters. The summed E-state index contributed by atoms with van der Waals surface area (Å²) in [4.78, 5) is 14.7. The van der Waals surface area contributed by atoms with Gasteiger partial charge >= 0.3 is 0 Å². The number of fused-ring (bicyclic) bond motifs is 2. The molecule has 0 radical (unpaired) electrons. The third-order valence-electron chi connectivity index (χ3n) is 4.57. The average molecular weight is 327 g/mol. The summed E-state index contributed by atoms with van der Waals surface area (Å²) in [5.41, 5.74) is 0.995. The Morgan fingerprint density at radius 2 is 2.05 bits per heavy atom. The van der Waals surface area contributed by atoms with Gasteiger partial charge in [0, 0.05) is 35.1 Å².